The lowest BCUT2D eigenvalue weighted by atomic mass is 10.2. The lowest BCUT2D eigenvalue weighted by Gasteiger charge is -2.28. The van der Waals surface area contributed by atoms with Gasteiger partial charge in [-0.25, -0.2) is 4.79 Å². The fraction of sp³-hybridized carbons (Fsp3) is 0.533. The molecule has 0 aliphatic carbocycles. The summed E-state index contributed by atoms with van der Waals surface area (Å²) in [6, 6.07) is 7.67. The van der Waals surface area contributed by atoms with Crippen molar-refractivity contribution in [2.45, 2.75) is 25.8 Å². The zero-order valence-corrected chi connectivity index (χ0v) is 12.2. The van der Waals surface area contributed by atoms with E-state index < -0.39 is 0 Å². The van der Waals surface area contributed by atoms with Crippen LogP contribution >= 0.6 is 0 Å². The number of benzene rings is 1. The predicted molar refractivity (Wildman–Crippen MR) is 80.3 cm³/mol. The van der Waals surface area contributed by atoms with E-state index in [1.54, 1.807) is 7.11 Å². The van der Waals surface area contributed by atoms with Gasteiger partial charge in [-0.2, -0.15) is 0 Å². The minimum absolute atomic E-state index is 0.0225. The van der Waals surface area contributed by atoms with E-state index in [0.29, 0.717) is 6.04 Å². The Kier molecular flexibility index (Phi) is 5.24. The molecule has 110 valence electrons. The molecule has 1 aromatic rings. The largest absolute Gasteiger partial charge is 0.497 e. The Labute approximate surface area is 120 Å². The number of urea groups is 1. The number of anilines is 1. The average Bonchev–Trinajstić information content (AvgIpc) is 2.99. The van der Waals surface area contributed by atoms with E-state index in [-0.39, 0.29) is 6.03 Å². The van der Waals surface area contributed by atoms with Crippen LogP contribution in [0.15, 0.2) is 24.3 Å². The van der Waals surface area contributed by atoms with Crippen LogP contribution in [-0.4, -0.2) is 43.7 Å². The quantitative estimate of drug-likeness (QED) is 0.868. The zero-order chi connectivity index (χ0) is 14.4. The number of hydrogen-bond donors (Lipinski definition) is 2. The lowest BCUT2D eigenvalue weighted by molar-refractivity contribution is 0.192. The van der Waals surface area contributed by atoms with Crippen LogP contribution in [0.2, 0.25) is 0 Å². The highest BCUT2D eigenvalue weighted by Gasteiger charge is 2.25. The number of hydrogen-bond acceptors (Lipinski definition) is 3. The molecule has 1 aromatic carbocycles. The van der Waals surface area contributed by atoms with Crippen molar-refractivity contribution < 1.29 is 9.53 Å². The molecule has 5 nitrogen and oxygen atoms in total. The van der Waals surface area contributed by atoms with Crippen LogP contribution in [0.3, 0.4) is 0 Å². The maximum Gasteiger partial charge on any atom is 0.322 e. The number of ether oxygens (including phenoxy) is 1. The van der Waals surface area contributed by atoms with E-state index in [0.717, 1.165) is 43.9 Å². The van der Waals surface area contributed by atoms with E-state index in [2.05, 4.69) is 17.6 Å². The van der Waals surface area contributed by atoms with Gasteiger partial charge in [0.05, 0.1) is 7.11 Å². The third-order valence-corrected chi connectivity index (χ3v) is 3.54. The SMILES string of the molecule is CCCN(C(=O)Nc1ccc(OC)cc1)C1CCNC1. The van der Waals surface area contributed by atoms with Gasteiger partial charge in [0.1, 0.15) is 5.75 Å². The van der Waals surface area contributed by atoms with Crippen molar-refractivity contribution in [3.8, 4) is 5.75 Å². The Morgan fingerprint density at radius 2 is 2.20 bits per heavy atom. The van der Waals surface area contributed by atoms with Gasteiger partial charge in [0.15, 0.2) is 0 Å². The molecule has 1 saturated heterocycles. The van der Waals surface area contributed by atoms with Crippen LogP contribution < -0.4 is 15.4 Å². The summed E-state index contributed by atoms with van der Waals surface area (Å²) in [7, 11) is 1.63. The Balaban J connectivity index is 1.99. The summed E-state index contributed by atoms with van der Waals surface area (Å²) in [4.78, 5) is 14.3. The minimum Gasteiger partial charge on any atom is -0.497 e. The average molecular weight is 277 g/mol. The van der Waals surface area contributed by atoms with Gasteiger partial charge in [0, 0.05) is 24.8 Å². The van der Waals surface area contributed by atoms with Gasteiger partial charge >= 0.3 is 6.03 Å². The Bertz CT molecular complexity index is 427. The van der Waals surface area contributed by atoms with E-state index in [1.807, 2.05) is 29.2 Å². The van der Waals surface area contributed by atoms with Crippen LogP contribution in [0.5, 0.6) is 5.75 Å². The van der Waals surface area contributed by atoms with Crippen LogP contribution in [-0.2, 0) is 0 Å². The van der Waals surface area contributed by atoms with Crippen LogP contribution in [0.4, 0.5) is 10.5 Å². The Morgan fingerprint density at radius 1 is 1.45 bits per heavy atom. The monoisotopic (exact) mass is 277 g/mol. The first kappa shape index (κ1) is 14.7. The summed E-state index contributed by atoms with van der Waals surface area (Å²) in [6.07, 6.45) is 1.99. The third-order valence-electron chi connectivity index (χ3n) is 3.54. The van der Waals surface area contributed by atoms with E-state index in [9.17, 15) is 4.79 Å². The zero-order valence-electron chi connectivity index (χ0n) is 12.2. The number of nitrogens with zero attached hydrogens (tertiary/aromatic N) is 1. The van der Waals surface area contributed by atoms with E-state index in [4.69, 9.17) is 4.74 Å². The minimum atomic E-state index is -0.0225. The van der Waals surface area contributed by atoms with Gasteiger partial charge in [-0.15, -0.1) is 0 Å². The highest BCUT2D eigenvalue weighted by Crippen LogP contribution is 2.17. The summed E-state index contributed by atoms with van der Waals surface area (Å²) in [6.45, 7) is 4.75. The number of amides is 2. The molecule has 0 saturated carbocycles. The van der Waals surface area contributed by atoms with Gasteiger partial charge in [0.25, 0.3) is 0 Å². The molecule has 1 unspecified atom stereocenters. The molecule has 2 rings (SSSR count). The van der Waals surface area contributed by atoms with Crippen molar-refractivity contribution >= 4 is 11.7 Å². The van der Waals surface area contributed by atoms with Gasteiger partial charge < -0.3 is 20.3 Å². The second-order valence-electron chi connectivity index (χ2n) is 5.00. The molecule has 0 aromatic heterocycles. The van der Waals surface area contributed by atoms with Crippen molar-refractivity contribution in [1.29, 1.82) is 0 Å². The molecule has 20 heavy (non-hydrogen) atoms. The summed E-state index contributed by atoms with van der Waals surface area (Å²) in [5, 5.41) is 6.27. The van der Waals surface area contributed by atoms with Crippen LogP contribution in [0.25, 0.3) is 0 Å². The number of methoxy groups -OCH3 is 1. The molecular weight excluding hydrogens is 254 g/mol. The van der Waals surface area contributed by atoms with Crippen LogP contribution in [0, 0.1) is 0 Å². The molecule has 1 atom stereocenters. The molecule has 1 aliphatic heterocycles. The van der Waals surface area contributed by atoms with Crippen molar-refractivity contribution in [1.82, 2.24) is 10.2 Å². The molecule has 0 spiro atoms. The molecule has 1 heterocycles. The predicted octanol–water partition coefficient (Wildman–Crippen LogP) is 2.30. The fourth-order valence-corrected chi connectivity index (χ4v) is 2.47. The van der Waals surface area contributed by atoms with Crippen molar-refractivity contribution in [2.24, 2.45) is 0 Å². The maximum atomic E-state index is 12.4. The first-order valence-corrected chi connectivity index (χ1v) is 7.17. The molecule has 1 fully saturated rings. The summed E-state index contributed by atoms with van der Waals surface area (Å²) >= 11 is 0. The topological polar surface area (TPSA) is 53.6 Å². The highest BCUT2D eigenvalue weighted by atomic mass is 16.5. The summed E-state index contributed by atoms with van der Waals surface area (Å²) in [5.41, 5.74) is 0.794. The number of nitrogens with one attached hydrogen (secondary N) is 2. The first-order chi connectivity index (χ1) is 9.74. The van der Waals surface area contributed by atoms with Gasteiger partial charge in [0.2, 0.25) is 0 Å². The van der Waals surface area contributed by atoms with E-state index >= 15 is 0 Å². The Hall–Kier alpha value is -1.75. The molecule has 2 amide bonds. The molecule has 1 aliphatic rings. The second kappa shape index (κ2) is 7.14. The van der Waals surface area contributed by atoms with Crippen molar-refractivity contribution in [3.05, 3.63) is 24.3 Å². The number of rotatable bonds is 5. The Morgan fingerprint density at radius 3 is 2.75 bits per heavy atom. The molecule has 0 radical (unpaired) electrons. The summed E-state index contributed by atoms with van der Waals surface area (Å²) < 4.78 is 5.11. The molecule has 0 bridgehead atoms. The fourth-order valence-electron chi connectivity index (χ4n) is 2.47. The van der Waals surface area contributed by atoms with Gasteiger partial charge in [-0.1, -0.05) is 6.92 Å². The third kappa shape index (κ3) is 3.63. The second-order valence-corrected chi connectivity index (χ2v) is 5.00. The normalized spacial score (nSPS) is 17.8. The molecular formula is C15H23N3O2. The molecule has 2 N–H and O–H groups in total. The summed E-state index contributed by atoms with van der Waals surface area (Å²) in [5.74, 6) is 0.786. The van der Waals surface area contributed by atoms with Crippen molar-refractivity contribution in [2.75, 3.05) is 32.1 Å². The van der Waals surface area contributed by atoms with Crippen molar-refractivity contribution in [3.63, 3.8) is 0 Å². The molecule has 5 heteroatoms. The lowest BCUT2D eigenvalue weighted by Crippen LogP contribution is -2.44. The van der Waals surface area contributed by atoms with Crippen LogP contribution in [0.1, 0.15) is 19.8 Å². The first-order valence-electron chi connectivity index (χ1n) is 7.17. The van der Waals surface area contributed by atoms with E-state index in [1.165, 1.54) is 0 Å². The van der Waals surface area contributed by atoms with Gasteiger partial charge in [-0.3, -0.25) is 0 Å². The number of carbonyl (C=O) groups is 1. The van der Waals surface area contributed by atoms with Gasteiger partial charge in [-0.05, 0) is 43.7 Å². The smallest absolute Gasteiger partial charge is 0.322 e. The highest BCUT2D eigenvalue weighted by molar-refractivity contribution is 5.89. The number of carbonyl (C=O) groups excluding carboxylic acids is 1. The maximum absolute atomic E-state index is 12.4. The standard InChI is InChI=1S/C15H23N3O2/c1-3-10-18(13-8-9-16-11-13)15(19)17-12-4-6-14(20-2)7-5-12/h4-7,13,16H,3,8-11H2,1-2H3,(H,17,19).